The third kappa shape index (κ3) is 3.65. The predicted molar refractivity (Wildman–Crippen MR) is 102 cm³/mol. The van der Waals surface area contributed by atoms with Gasteiger partial charge in [0.2, 0.25) is 5.95 Å². The first-order valence-electron chi connectivity index (χ1n) is 9.08. The Labute approximate surface area is 156 Å². The molecule has 2 aromatic rings. The van der Waals surface area contributed by atoms with Gasteiger partial charge in [0, 0.05) is 58.6 Å². The number of hydrogen-bond acceptors (Lipinski definition) is 8. The highest BCUT2D eigenvalue weighted by molar-refractivity contribution is 5.47. The van der Waals surface area contributed by atoms with Crippen molar-refractivity contribution in [2.24, 2.45) is 7.05 Å². The van der Waals surface area contributed by atoms with E-state index in [1.165, 1.54) is 13.1 Å². The van der Waals surface area contributed by atoms with Gasteiger partial charge in [-0.15, -0.1) is 0 Å². The van der Waals surface area contributed by atoms with Crippen LogP contribution in [0.2, 0.25) is 0 Å². The molecule has 144 valence electrons. The number of hydrogen-bond donors (Lipinski definition) is 1. The molecule has 0 aromatic carbocycles. The molecule has 0 spiro atoms. The smallest absolute Gasteiger partial charge is 0.329 e. The highest BCUT2D eigenvalue weighted by atomic mass is 16.5. The third-order valence-corrected chi connectivity index (χ3v) is 5.00. The summed E-state index contributed by atoms with van der Waals surface area (Å²) in [6, 6.07) is 3.39. The molecule has 0 atom stereocenters. The number of morpholine rings is 1. The van der Waals surface area contributed by atoms with Crippen molar-refractivity contribution >= 4 is 17.6 Å². The molecule has 27 heavy (non-hydrogen) atoms. The quantitative estimate of drug-likeness (QED) is 0.734. The van der Waals surface area contributed by atoms with Crippen LogP contribution >= 0.6 is 0 Å². The van der Waals surface area contributed by atoms with Crippen LogP contribution in [0.4, 0.5) is 17.6 Å². The molecule has 4 rings (SSSR count). The number of nitrogens with one attached hydrogen (secondary N) is 1. The summed E-state index contributed by atoms with van der Waals surface area (Å²) >= 11 is 0. The lowest BCUT2D eigenvalue weighted by atomic mass is 10.3. The van der Waals surface area contributed by atoms with Gasteiger partial charge in [-0.25, -0.2) is 9.78 Å². The maximum absolute atomic E-state index is 11.9. The van der Waals surface area contributed by atoms with E-state index in [-0.39, 0.29) is 5.56 Å². The van der Waals surface area contributed by atoms with Crippen LogP contribution in [-0.2, 0) is 11.8 Å². The molecule has 1 N–H and O–H groups in total. The molecule has 4 heterocycles. The normalized spacial score (nSPS) is 18.0. The van der Waals surface area contributed by atoms with Gasteiger partial charge in [0.25, 0.3) is 5.56 Å². The fourth-order valence-corrected chi connectivity index (χ4v) is 3.32. The molecule has 10 nitrogen and oxygen atoms in total. The van der Waals surface area contributed by atoms with Gasteiger partial charge < -0.3 is 19.4 Å². The van der Waals surface area contributed by atoms with Gasteiger partial charge in [0.05, 0.1) is 13.2 Å². The summed E-state index contributed by atoms with van der Waals surface area (Å²) in [7, 11) is 1.46. The van der Waals surface area contributed by atoms with Crippen LogP contribution in [0.3, 0.4) is 0 Å². The van der Waals surface area contributed by atoms with Gasteiger partial charge in [-0.2, -0.15) is 4.98 Å². The van der Waals surface area contributed by atoms with E-state index in [9.17, 15) is 9.59 Å². The van der Waals surface area contributed by atoms with Crippen LogP contribution in [-0.4, -0.2) is 72.0 Å². The van der Waals surface area contributed by atoms with Crippen LogP contribution in [0.5, 0.6) is 0 Å². The van der Waals surface area contributed by atoms with E-state index >= 15 is 0 Å². The predicted octanol–water partition coefficient (Wildman–Crippen LogP) is -0.973. The summed E-state index contributed by atoms with van der Waals surface area (Å²) in [5, 5.41) is 0. The van der Waals surface area contributed by atoms with E-state index in [1.807, 2.05) is 11.0 Å². The Hall–Kier alpha value is -2.88. The van der Waals surface area contributed by atoms with Crippen molar-refractivity contribution < 1.29 is 4.74 Å². The fourth-order valence-electron chi connectivity index (χ4n) is 3.32. The maximum Gasteiger partial charge on any atom is 0.329 e. The van der Waals surface area contributed by atoms with Gasteiger partial charge in [-0.3, -0.25) is 14.3 Å². The molecular weight excluding hydrogens is 350 g/mol. The van der Waals surface area contributed by atoms with Crippen LogP contribution in [0.1, 0.15) is 0 Å². The van der Waals surface area contributed by atoms with E-state index in [0.29, 0.717) is 32.1 Å². The van der Waals surface area contributed by atoms with Crippen molar-refractivity contribution in [2.45, 2.75) is 0 Å². The topological polar surface area (TPSA) is 99.6 Å². The van der Waals surface area contributed by atoms with Crippen molar-refractivity contribution in [2.75, 3.05) is 67.2 Å². The fraction of sp³-hybridized carbons (Fsp3) is 0.529. The summed E-state index contributed by atoms with van der Waals surface area (Å²) in [4.78, 5) is 41.9. The number of nitrogens with zero attached hydrogens (tertiary/aromatic N) is 6. The summed E-state index contributed by atoms with van der Waals surface area (Å²) in [5.41, 5.74) is -0.701. The molecule has 2 fully saturated rings. The molecule has 2 aliphatic rings. The van der Waals surface area contributed by atoms with Crippen molar-refractivity contribution in [3.8, 4) is 0 Å². The van der Waals surface area contributed by atoms with Crippen LogP contribution < -0.4 is 25.9 Å². The molecule has 0 amide bonds. The molecule has 2 saturated heterocycles. The number of aromatic amines is 1. The minimum atomic E-state index is -0.397. The molecule has 0 unspecified atom stereocenters. The van der Waals surface area contributed by atoms with Crippen LogP contribution in [0.15, 0.2) is 27.9 Å². The number of ether oxygens (including phenoxy) is 1. The number of piperazine rings is 1. The van der Waals surface area contributed by atoms with Crippen molar-refractivity contribution in [1.29, 1.82) is 0 Å². The Morgan fingerprint density at radius 2 is 1.70 bits per heavy atom. The molecule has 0 radical (unpaired) electrons. The first-order valence-corrected chi connectivity index (χ1v) is 9.08. The van der Waals surface area contributed by atoms with Crippen molar-refractivity contribution in [3.63, 3.8) is 0 Å². The Balaban J connectivity index is 1.45. The number of H-pyrrole nitrogens is 1. The SMILES string of the molecule is Cn1c(=O)cc(N2CCN(c3ccnc(N4CCOCC4)n3)CC2)[nH]c1=O. The highest BCUT2D eigenvalue weighted by Crippen LogP contribution is 2.19. The van der Waals surface area contributed by atoms with E-state index in [0.717, 1.165) is 42.5 Å². The Kier molecular flexibility index (Phi) is 4.80. The lowest BCUT2D eigenvalue weighted by molar-refractivity contribution is 0.122. The average Bonchev–Trinajstić information content (AvgIpc) is 2.72. The van der Waals surface area contributed by atoms with E-state index in [2.05, 4.69) is 19.8 Å². The minimum absolute atomic E-state index is 0.304. The van der Waals surface area contributed by atoms with Gasteiger partial charge in [0.15, 0.2) is 0 Å². The van der Waals surface area contributed by atoms with Gasteiger partial charge in [0.1, 0.15) is 11.6 Å². The van der Waals surface area contributed by atoms with Crippen molar-refractivity contribution in [3.05, 3.63) is 39.2 Å². The Morgan fingerprint density at radius 3 is 2.41 bits per heavy atom. The zero-order chi connectivity index (χ0) is 18.8. The highest BCUT2D eigenvalue weighted by Gasteiger charge is 2.21. The van der Waals surface area contributed by atoms with Gasteiger partial charge >= 0.3 is 5.69 Å². The van der Waals surface area contributed by atoms with Gasteiger partial charge in [-0.1, -0.05) is 0 Å². The lowest BCUT2D eigenvalue weighted by Crippen LogP contribution is -2.48. The number of aromatic nitrogens is 4. The Bertz CT molecular complexity index is 880. The third-order valence-electron chi connectivity index (χ3n) is 5.00. The van der Waals surface area contributed by atoms with E-state index in [4.69, 9.17) is 9.72 Å². The summed E-state index contributed by atoms with van der Waals surface area (Å²) in [5.74, 6) is 2.19. The molecule has 2 aromatic heterocycles. The summed E-state index contributed by atoms with van der Waals surface area (Å²) in [6.45, 7) is 5.87. The van der Waals surface area contributed by atoms with E-state index < -0.39 is 5.69 Å². The molecular formula is C17H23N7O3. The zero-order valence-corrected chi connectivity index (χ0v) is 15.3. The standard InChI is InChI=1S/C17H23N7O3/c1-21-15(25)12-14(20-17(21)26)23-6-4-22(5-7-23)13-2-3-18-16(19-13)24-8-10-27-11-9-24/h2-3,12H,4-11H2,1H3,(H,20,26). The molecule has 10 heteroatoms. The summed E-state index contributed by atoms with van der Waals surface area (Å²) in [6.07, 6.45) is 1.79. The molecule has 0 bridgehead atoms. The molecule has 2 aliphatic heterocycles. The second kappa shape index (κ2) is 7.39. The van der Waals surface area contributed by atoms with Crippen molar-refractivity contribution in [1.82, 2.24) is 19.5 Å². The second-order valence-electron chi connectivity index (χ2n) is 6.65. The monoisotopic (exact) mass is 373 g/mol. The molecule has 0 saturated carbocycles. The largest absolute Gasteiger partial charge is 0.378 e. The number of rotatable bonds is 3. The zero-order valence-electron chi connectivity index (χ0n) is 15.3. The first kappa shape index (κ1) is 17.5. The first-order chi connectivity index (χ1) is 13.1. The molecule has 0 aliphatic carbocycles. The van der Waals surface area contributed by atoms with Gasteiger partial charge in [-0.05, 0) is 6.07 Å². The van der Waals surface area contributed by atoms with E-state index in [1.54, 1.807) is 6.20 Å². The second-order valence-corrected chi connectivity index (χ2v) is 6.65. The van der Waals surface area contributed by atoms with Crippen LogP contribution in [0.25, 0.3) is 0 Å². The lowest BCUT2D eigenvalue weighted by Gasteiger charge is -2.36. The number of anilines is 3. The maximum atomic E-state index is 11.9. The minimum Gasteiger partial charge on any atom is -0.378 e. The summed E-state index contributed by atoms with van der Waals surface area (Å²) < 4.78 is 6.45. The average molecular weight is 373 g/mol. The van der Waals surface area contributed by atoms with Crippen LogP contribution in [0, 0.1) is 0 Å². The Morgan fingerprint density at radius 1 is 1.00 bits per heavy atom.